The number of rotatable bonds is 5. The van der Waals surface area contributed by atoms with Gasteiger partial charge in [-0.05, 0) is 68.5 Å². The van der Waals surface area contributed by atoms with Gasteiger partial charge in [0.25, 0.3) is 0 Å². The summed E-state index contributed by atoms with van der Waals surface area (Å²) in [6.07, 6.45) is 11.2. The van der Waals surface area contributed by atoms with E-state index in [2.05, 4.69) is 65.0 Å². The van der Waals surface area contributed by atoms with Crippen molar-refractivity contribution >= 4 is 11.0 Å². The molecule has 3 unspecified atom stereocenters. The summed E-state index contributed by atoms with van der Waals surface area (Å²) in [6, 6.07) is 9.74. The van der Waals surface area contributed by atoms with Gasteiger partial charge in [-0.1, -0.05) is 38.1 Å². The summed E-state index contributed by atoms with van der Waals surface area (Å²) in [5.74, 6) is 3.59. The molecule has 2 aliphatic heterocycles. The molecule has 1 aromatic heterocycles. The Morgan fingerprint density at radius 2 is 1.97 bits per heavy atom. The van der Waals surface area contributed by atoms with Crippen molar-refractivity contribution in [2.75, 3.05) is 26.2 Å². The fourth-order valence-electron chi connectivity index (χ4n) is 5.84. The Kier molecular flexibility index (Phi) is 5.49. The van der Waals surface area contributed by atoms with E-state index >= 15 is 0 Å². The lowest BCUT2D eigenvalue weighted by Gasteiger charge is -2.36. The van der Waals surface area contributed by atoms with Crippen molar-refractivity contribution in [1.82, 2.24) is 19.8 Å². The molecule has 0 saturated carbocycles. The van der Waals surface area contributed by atoms with Crippen LogP contribution < -0.4 is 5.32 Å². The number of hydrogen-bond acceptors (Lipinski definition) is 3. The molecule has 5 rings (SSSR count). The Morgan fingerprint density at radius 3 is 2.69 bits per heavy atom. The lowest BCUT2D eigenvalue weighted by atomic mass is 9.90. The highest BCUT2D eigenvalue weighted by atomic mass is 15.2. The summed E-state index contributed by atoms with van der Waals surface area (Å²) in [5, 5.41) is 3.68. The van der Waals surface area contributed by atoms with Gasteiger partial charge >= 0.3 is 0 Å². The van der Waals surface area contributed by atoms with Crippen molar-refractivity contribution in [2.45, 2.75) is 58.0 Å². The zero-order chi connectivity index (χ0) is 19.8. The predicted octanol–water partition coefficient (Wildman–Crippen LogP) is 4.95. The van der Waals surface area contributed by atoms with Gasteiger partial charge < -0.3 is 14.8 Å². The maximum atomic E-state index is 5.08. The van der Waals surface area contributed by atoms with E-state index in [1.165, 1.54) is 63.1 Å². The SMILES string of the molecule is CC1C=CC(C(C)CN2CCC(n3c([C@@H]4CCCN4)nc4ccccc43)CC2)C1. The van der Waals surface area contributed by atoms with Crippen molar-refractivity contribution in [3.63, 3.8) is 0 Å². The molecule has 3 heterocycles. The molecule has 4 atom stereocenters. The Labute approximate surface area is 175 Å². The van der Waals surface area contributed by atoms with Gasteiger partial charge in [-0.15, -0.1) is 0 Å². The van der Waals surface area contributed by atoms with E-state index in [9.17, 15) is 0 Å². The zero-order valence-electron chi connectivity index (χ0n) is 18.1. The molecule has 0 radical (unpaired) electrons. The monoisotopic (exact) mass is 392 g/mol. The fraction of sp³-hybridized carbons (Fsp3) is 0.640. The maximum absolute atomic E-state index is 5.08. The highest BCUT2D eigenvalue weighted by Crippen LogP contribution is 2.35. The molecule has 1 N–H and O–H groups in total. The molecule has 4 heteroatoms. The van der Waals surface area contributed by atoms with Crippen molar-refractivity contribution in [2.24, 2.45) is 17.8 Å². The van der Waals surface area contributed by atoms with E-state index in [4.69, 9.17) is 4.98 Å². The van der Waals surface area contributed by atoms with Crippen LogP contribution in [-0.4, -0.2) is 40.6 Å². The van der Waals surface area contributed by atoms with Crippen LogP contribution in [0.3, 0.4) is 0 Å². The molecule has 2 aromatic rings. The van der Waals surface area contributed by atoms with E-state index in [0.717, 1.165) is 29.8 Å². The minimum atomic E-state index is 0.427. The minimum absolute atomic E-state index is 0.427. The van der Waals surface area contributed by atoms with Gasteiger partial charge in [0, 0.05) is 25.7 Å². The second kappa shape index (κ2) is 8.23. The molecular formula is C25H36N4. The van der Waals surface area contributed by atoms with Crippen LogP contribution in [0.25, 0.3) is 11.0 Å². The quantitative estimate of drug-likeness (QED) is 0.731. The van der Waals surface area contributed by atoms with Crippen molar-refractivity contribution in [1.29, 1.82) is 0 Å². The Hall–Kier alpha value is -1.65. The van der Waals surface area contributed by atoms with Crippen LogP contribution in [0.4, 0.5) is 0 Å². The molecule has 156 valence electrons. The van der Waals surface area contributed by atoms with E-state index in [1.807, 2.05) is 0 Å². The molecule has 1 aromatic carbocycles. The normalized spacial score (nSPS) is 29.8. The van der Waals surface area contributed by atoms with Crippen LogP contribution in [0.1, 0.15) is 63.9 Å². The van der Waals surface area contributed by atoms with Crippen LogP contribution in [-0.2, 0) is 0 Å². The summed E-state index contributed by atoms with van der Waals surface area (Å²) in [4.78, 5) is 7.79. The van der Waals surface area contributed by atoms with Crippen LogP contribution in [0.15, 0.2) is 36.4 Å². The predicted molar refractivity (Wildman–Crippen MR) is 120 cm³/mol. The van der Waals surface area contributed by atoms with Gasteiger partial charge in [0.2, 0.25) is 0 Å². The van der Waals surface area contributed by atoms with Gasteiger partial charge in [-0.2, -0.15) is 0 Å². The Morgan fingerprint density at radius 1 is 1.14 bits per heavy atom. The number of hydrogen-bond donors (Lipinski definition) is 1. The standard InChI is InChI=1S/C25H36N4/c1-18-9-10-20(16-18)19(2)17-28-14-11-21(12-15-28)29-24-8-4-3-6-22(24)27-25(29)23-7-5-13-26-23/h3-4,6,8-10,18-21,23,26H,5,7,11-17H2,1-2H3/t18?,19?,20?,23-/m0/s1. The van der Waals surface area contributed by atoms with Crippen LogP contribution >= 0.6 is 0 Å². The van der Waals surface area contributed by atoms with E-state index in [-0.39, 0.29) is 0 Å². The number of para-hydroxylation sites is 2. The summed E-state index contributed by atoms with van der Waals surface area (Å²) < 4.78 is 2.60. The topological polar surface area (TPSA) is 33.1 Å². The molecule has 2 fully saturated rings. The third-order valence-corrected chi connectivity index (χ3v) is 7.53. The second-order valence-electron chi connectivity index (χ2n) is 9.75. The number of fused-ring (bicyclic) bond motifs is 1. The largest absolute Gasteiger partial charge is 0.323 e. The minimum Gasteiger partial charge on any atom is -0.323 e. The van der Waals surface area contributed by atoms with Gasteiger partial charge in [0.15, 0.2) is 0 Å². The maximum Gasteiger partial charge on any atom is 0.127 e. The molecule has 0 bridgehead atoms. The van der Waals surface area contributed by atoms with E-state index < -0.39 is 0 Å². The highest BCUT2D eigenvalue weighted by molar-refractivity contribution is 5.76. The highest BCUT2D eigenvalue weighted by Gasteiger charge is 2.30. The Balaban J connectivity index is 1.29. The van der Waals surface area contributed by atoms with Crippen LogP contribution in [0.2, 0.25) is 0 Å². The number of nitrogens with zero attached hydrogens (tertiary/aromatic N) is 3. The first-order chi connectivity index (χ1) is 14.2. The van der Waals surface area contributed by atoms with Gasteiger partial charge in [-0.25, -0.2) is 4.98 Å². The number of imidazole rings is 1. The molecule has 29 heavy (non-hydrogen) atoms. The zero-order valence-corrected chi connectivity index (χ0v) is 18.1. The smallest absolute Gasteiger partial charge is 0.127 e. The second-order valence-corrected chi connectivity index (χ2v) is 9.75. The summed E-state index contributed by atoms with van der Waals surface area (Å²) in [5.41, 5.74) is 2.49. The average molecular weight is 393 g/mol. The third-order valence-electron chi connectivity index (χ3n) is 7.53. The number of aromatic nitrogens is 2. The number of allylic oxidation sites excluding steroid dienone is 2. The molecule has 4 nitrogen and oxygen atoms in total. The lowest BCUT2D eigenvalue weighted by Crippen LogP contribution is -2.39. The summed E-state index contributed by atoms with van der Waals surface area (Å²) in [7, 11) is 0. The van der Waals surface area contributed by atoms with Crippen LogP contribution in [0.5, 0.6) is 0 Å². The van der Waals surface area contributed by atoms with Crippen LogP contribution in [0, 0.1) is 17.8 Å². The van der Waals surface area contributed by atoms with Gasteiger partial charge in [0.05, 0.1) is 17.1 Å². The number of piperidine rings is 1. The van der Waals surface area contributed by atoms with E-state index in [1.54, 1.807) is 0 Å². The number of benzene rings is 1. The molecule has 3 aliphatic rings. The van der Waals surface area contributed by atoms with Crippen molar-refractivity contribution < 1.29 is 0 Å². The summed E-state index contributed by atoms with van der Waals surface area (Å²) >= 11 is 0. The van der Waals surface area contributed by atoms with Gasteiger partial charge in [-0.3, -0.25) is 0 Å². The van der Waals surface area contributed by atoms with Crippen molar-refractivity contribution in [3.05, 3.63) is 42.2 Å². The first kappa shape index (κ1) is 19.3. The lowest BCUT2D eigenvalue weighted by molar-refractivity contribution is 0.152. The van der Waals surface area contributed by atoms with Gasteiger partial charge in [0.1, 0.15) is 5.82 Å². The summed E-state index contributed by atoms with van der Waals surface area (Å²) in [6.45, 7) is 9.60. The molecule has 2 saturated heterocycles. The third kappa shape index (κ3) is 3.89. The molecule has 0 spiro atoms. The molecule has 0 amide bonds. The number of likely N-dealkylation sites (tertiary alicyclic amines) is 1. The fourth-order valence-corrected chi connectivity index (χ4v) is 5.84. The molecular weight excluding hydrogens is 356 g/mol. The first-order valence-electron chi connectivity index (χ1n) is 11.8. The first-order valence-corrected chi connectivity index (χ1v) is 11.8. The van der Waals surface area contributed by atoms with E-state index in [0.29, 0.717) is 12.1 Å². The number of nitrogens with one attached hydrogen (secondary N) is 1. The molecule has 1 aliphatic carbocycles. The van der Waals surface area contributed by atoms with Crippen molar-refractivity contribution in [3.8, 4) is 0 Å². The average Bonchev–Trinajstić information content (AvgIpc) is 3.47. The Bertz CT molecular complexity index is 855.